The first-order valence-electron chi connectivity index (χ1n) is 28.1. The van der Waals surface area contributed by atoms with Crippen molar-refractivity contribution in [3.8, 4) is 11.1 Å². The van der Waals surface area contributed by atoms with Gasteiger partial charge in [-0.1, -0.05) is 253 Å². The lowest BCUT2D eigenvalue weighted by Gasteiger charge is -2.27. The van der Waals surface area contributed by atoms with Crippen molar-refractivity contribution in [2.45, 2.75) is 145 Å². The van der Waals surface area contributed by atoms with E-state index in [-0.39, 0.29) is 5.41 Å². The van der Waals surface area contributed by atoms with Crippen LogP contribution in [0.3, 0.4) is 0 Å². The number of allylic oxidation sites excluding steroid dienone is 15. The van der Waals surface area contributed by atoms with Crippen LogP contribution in [-0.2, 0) is 5.41 Å². The van der Waals surface area contributed by atoms with Crippen LogP contribution in [0.1, 0.15) is 180 Å². The smallest absolute Gasteiger partial charge is 0.0159 e. The van der Waals surface area contributed by atoms with E-state index in [1.54, 1.807) is 5.56 Å². The summed E-state index contributed by atoms with van der Waals surface area (Å²) in [4.78, 5) is 0. The molecular weight excluding hydrogens is 889 g/mol. The van der Waals surface area contributed by atoms with Gasteiger partial charge in [-0.3, -0.25) is 0 Å². The summed E-state index contributed by atoms with van der Waals surface area (Å²) in [5.41, 5.74) is 25.7. The zero-order chi connectivity index (χ0) is 52.7. The third-order valence-electron chi connectivity index (χ3n) is 16.7. The molecule has 380 valence electrons. The highest BCUT2D eigenvalue weighted by Crippen LogP contribution is 2.59. The zero-order valence-electron chi connectivity index (χ0n) is 47.1. The van der Waals surface area contributed by atoms with Crippen LogP contribution in [0.5, 0.6) is 0 Å². The Morgan fingerprint density at radius 1 is 0.622 bits per heavy atom. The molecule has 5 unspecified atom stereocenters. The van der Waals surface area contributed by atoms with Crippen LogP contribution < -0.4 is 0 Å². The zero-order valence-corrected chi connectivity index (χ0v) is 47.1. The summed E-state index contributed by atoms with van der Waals surface area (Å²) in [6, 6.07) is 43.1. The van der Waals surface area contributed by atoms with Gasteiger partial charge in [0.15, 0.2) is 0 Å². The minimum atomic E-state index is -0.00346. The fourth-order valence-electron chi connectivity index (χ4n) is 11.9. The summed E-state index contributed by atoms with van der Waals surface area (Å²) in [5.74, 6) is 3.10. The largest absolute Gasteiger partial charge is 0.0984 e. The fourth-order valence-corrected chi connectivity index (χ4v) is 11.9. The predicted molar refractivity (Wildman–Crippen MR) is 326 cm³/mol. The number of hydrogen-bond acceptors (Lipinski definition) is 0. The molecule has 12 rings (SSSR count). The molecule has 0 heteroatoms. The number of aryl methyl sites for hydroxylation is 3. The van der Waals surface area contributed by atoms with Crippen LogP contribution in [0.15, 0.2) is 194 Å². The summed E-state index contributed by atoms with van der Waals surface area (Å²) in [6.07, 6.45) is 29.6. The molecule has 6 aromatic rings. The van der Waals surface area contributed by atoms with E-state index in [0.717, 1.165) is 31.1 Å². The minimum absolute atomic E-state index is 0.00346. The summed E-state index contributed by atoms with van der Waals surface area (Å²) in [5, 5.41) is 2.76. The molecule has 6 aromatic carbocycles. The molecule has 0 N–H and O–H groups in total. The second-order valence-electron chi connectivity index (χ2n) is 22.3. The Kier molecular flexibility index (Phi) is 17.3. The molecule has 6 aliphatic carbocycles. The first-order chi connectivity index (χ1) is 35.7. The molecule has 74 heavy (non-hydrogen) atoms. The third kappa shape index (κ3) is 11.6. The Balaban J connectivity index is 0.000000166. The van der Waals surface area contributed by atoms with E-state index in [2.05, 4.69) is 234 Å². The molecule has 0 nitrogen and oxygen atoms in total. The second-order valence-corrected chi connectivity index (χ2v) is 22.3. The summed E-state index contributed by atoms with van der Waals surface area (Å²) in [6.45, 7) is 31.0. The highest BCUT2D eigenvalue weighted by Gasteiger charge is 2.45. The second kappa shape index (κ2) is 23.8. The maximum atomic E-state index is 4.13. The van der Waals surface area contributed by atoms with Crippen molar-refractivity contribution < 1.29 is 0 Å². The van der Waals surface area contributed by atoms with E-state index < -0.39 is 0 Å². The molecule has 0 bridgehead atoms. The van der Waals surface area contributed by atoms with Gasteiger partial charge < -0.3 is 0 Å². The third-order valence-corrected chi connectivity index (χ3v) is 16.7. The predicted octanol–water partition coefficient (Wildman–Crippen LogP) is 21.5. The van der Waals surface area contributed by atoms with Gasteiger partial charge in [0.2, 0.25) is 0 Å². The molecule has 0 aliphatic heterocycles. The SMILES string of the molecule is C=CC1=C(C)C2CC2c2cc(C(C)C(C)c3ccc4c(c3)C(C)(C)c3cc(C)c5ccccc5c3-4)ccc21.CC.CC1=CCC(C)C=C1.Cc1ccc(C2=CC=CCC2)c(C2=CCCC=C2)c1.Cc1ccccc1. The molecule has 0 amide bonds. The van der Waals surface area contributed by atoms with Gasteiger partial charge in [-0.25, -0.2) is 0 Å². The topological polar surface area (TPSA) is 0 Å². The Labute approximate surface area is 447 Å². The molecule has 0 heterocycles. The molecule has 1 saturated carbocycles. The Morgan fingerprint density at radius 3 is 1.93 bits per heavy atom. The van der Waals surface area contributed by atoms with Crippen LogP contribution in [-0.4, -0.2) is 0 Å². The first kappa shape index (κ1) is 53.8. The van der Waals surface area contributed by atoms with Gasteiger partial charge in [0.25, 0.3) is 0 Å². The lowest BCUT2D eigenvalue weighted by Crippen LogP contribution is -2.16. The highest BCUT2D eigenvalue weighted by atomic mass is 14.5. The van der Waals surface area contributed by atoms with Crippen LogP contribution in [0.25, 0.3) is 38.6 Å². The minimum Gasteiger partial charge on any atom is -0.0984 e. The Hall–Kier alpha value is -6.50. The highest BCUT2D eigenvalue weighted by molar-refractivity contribution is 6.04. The monoisotopic (exact) mass is 973 g/mol. The summed E-state index contributed by atoms with van der Waals surface area (Å²) >= 11 is 0. The average molecular weight is 973 g/mol. The molecule has 0 saturated heterocycles. The van der Waals surface area contributed by atoms with Crippen LogP contribution in [0, 0.1) is 32.6 Å². The maximum Gasteiger partial charge on any atom is 0.0159 e. The molecule has 6 aliphatic rings. The van der Waals surface area contributed by atoms with Crippen LogP contribution >= 0.6 is 0 Å². The van der Waals surface area contributed by atoms with E-state index >= 15 is 0 Å². The lowest BCUT2D eigenvalue weighted by molar-refractivity contribution is 0.615. The van der Waals surface area contributed by atoms with E-state index in [1.807, 2.05) is 32.0 Å². The van der Waals surface area contributed by atoms with Gasteiger partial charge in [-0.15, -0.1) is 0 Å². The van der Waals surface area contributed by atoms with Gasteiger partial charge in [0.1, 0.15) is 0 Å². The van der Waals surface area contributed by atoms with Crippen molar-refractivity contribution in [1.82, 2.24) is 0 Å². The van der Waals surface area contributed by atoms with E-state index in [1.165, 1.54) is 125 Å². The van der Waals surface area contributed by atoms with Crippen molar-refractivity contribution in [3.05, 3.63) is 255 Å². The molecule has 0 aromatic heterocycles. The van der Waals surface area contributed by atoms with E-state index in [0.29, 0.717) is 17.8 Å². The Bertz CT molecular complexity index is 3220. The molecule has 0 spiro atoms. The van der Waals surface area contributed by atoms with Crippen molar-refractivity contribution >= 4 is 27.5 Å². The number of hydrogen-bond donors (Lipinski definition) is 0. The van der Waals surface area contributed by atoms with Gasteiger partial charge in [-0.05, 0) is 191 Å². The van der Waals surface area contributed by atoms with Gasteiger partial charge in [0.05, 0.1) is 0 Å². The molecular formula is C74H84. The maximum absolute atomic E-state index is 4.13. The van der Waals surface area contributed by atoms with Crippen molar-refractivity contribution in [3.63, 3.8) is 0 Å². The standard InChI is InChI=1S/C38H38.C19H20.C8H12.C7H8.C2H6/c1-8-27-24(5)32-20-34(32)33-18-25(13-15-29(27)33)22(3)23(4)26-14-16-31-35(19-26)38(6,7)36-17-21(2)28-11-9-10-12-30(28)37(31)36;1-15-12-13-18(16-8-4-2-5-9-16)19(14-15)17-10-6-3-7-11-17;1-7-3-5-8(2)6-4-7;1-7-5-3-2-4-6-7;1-2/h8-19,22-23,32,34H,1,20H2,2-7H3;2,4,6,8,10-14H,3,5,7,9H2,1H3;3-5,8H,6H2,1-2H3;2-6H,1H3;1-2H3. The first-order valence-corrected chi connectivity index (χ1v) is 28.1. The fraction of sp³-hybridized carbons (Fsp3) is 0.324. The Morgan fingerprint density at radius 2 is 1.31 bits per heavy atom. The van der Waals surface area contributed by atoms with Gasteiger partial charge >= 0.3 is 0 Å². The molecule has 0 radical (unpaired) electrons. The lowest BCUT2D eigenvalue weighted by atomic mass is 9.77. The van der Waals surface area contributed by atoms with Crippen LogP contribution in [0.2, 0.25) is 0 Å². The van der Waals surface area contributed by atoms with Crippen molar-refractivity contribution in [2.75, 3.05) is 0 Å². The summed E-state index contributed by atoms with van der Waals surface area (Å²) in [7, 11) is 0. The van der Waals surface area contributed by atoms with E-state index in [4.69, 9.17) is 0 Å². The van der Waals surface area contributed by atoms with Crippen molar-refractivity contribution in [2.24, 2.45) is 11.8 Å². The normalized spacial score (nSPS) is 19.8. The van der Waals surface area contributed by atoms with Gasteiger partial charge in [0, 0.05) is 5.41 Å². The van der Waals surface area contributed by atoms with Crippen molar-refractivity contribution in [1.29, 1.82) is 0 Å². The number of benzene rings is 6. The number of fused-ring (bicyclic) bond motifs is 8. The average Bonchev–Trinajstić information content (AvgIpc) is 4.22. The molecule has 1 fully saturated rings. The van der Waals surface area contributed by atoms with E-state index in [9.17, 15) is 0 Å². The number of rotatable bonds is 6. The van der Waals surface area contributed by atoms with Crippen LogP contribution in [0.4, 0.5) is 0 Å². The summed E-state index contributed by atoms with van der Waals surface area (Å²) < 4.78 is 0. The quantitative estimate of drug-likeness (QED) is 0.156. The van der Waals surface area contributed by atoms with Gasteiger partial charge in [-0.2, -0.15) is 0 Å². The molecule has 5 atom stereocenters.